The highest BCUT2D eigenvalue weighted by molar-refractivity contribution is 6.07. The quantitative estimate of drug-likeness (QED) is 0.633. The number of aromatic hydroxyl groups is 1. The van der Waals surface area contributed by atoms with E-state index in [0.717, 1.165) is 12.1 Å². The lowest BCUT2D eigenvalue weighted by Crippen LogP contribution is -2.04. The first-order valence-corrected chi connectivity index (χ1v) is 7.10. The van der Waals surface area contributed by atoms with Gasteiger partial charge in [-0.25, -0.2) is 0 Å². The van der Waals surface area contributed by atoms with Crippen molar-refractivity contribution >= 4 is 17.8 Å². The zero-order valence-electron chi connectivity index (χ0n) is 12.7. The summed E-state index contributed by atoms with van der Waals surface area (Å²) < 4.78 is 37.4. The number of allylic oxidation sites excluding steroid dienone is 1. The van der Waals surface area contributed by atoms with Crippen LogP contribution in [0.3, 0.4) is 0 Å². The van der Waals surface area contributed by atoms with Crippen LogP contribution in [0.15, 0.2) is 48.5 Å². The fourth-order valence-corrected chi connectivity index (χ4v) is 2.09. The van der Waals surface area contributed by atoms with Crippen molar-refractivity contribution in [2.24, 2.45) is 0 Å². The van der Waals surface area contributed by atoms with Crippen LogP contribution in [0.2, 0.25) is 0 Å². The Balaban J connectivity index is 2.16. The Morgan fingerprint density at radius 3 is 2.24 bits per heavy atom. The minimum Gasteiger partial charge on any atom is -0.508 e. The zero-order chi connectivity index (χ0) is 18.6. The fraction of sp³-hybridized carbons (Fsp3) is 0.111. The van der Waals surface area contributed by atoms with Crippen LogP contribution in [0, 0.1) is 0 Å². The number of halogens is 3. The number of phenolic OH excluding ortho intramolecular Hbond substituents is 1. The molecule has 0 fully saturated rings. The largest absolute Gasteiger partial charge is 0.508 e. The molecule has 0 unspecified atom stereocenters. The number of carboxylic acids is 1. The highest BCUT2D eigenvalue weighted by atomic mass is 19.4. The van der Waals surface area contributed by atoms with Crippen LogP contribution >= 0.6 is 0 Å². The molecule has 130 valence electrons. The lowest BCUT2D eigenvalue weighted by Gasteiger charge is -2.06. The number of alkyl halides is 3. The third kappa shape index (κ3) is 4.94. The molecule has 0 atom stereocenters. The Morgan fingerprint density at radius 2 is 1.68 bits per heavy atom. The minimum atomic E-state index is -4.43. The van der Waals surface area contributed by atoms with Crippen LogP contribution in [0.5, 0.6) is 5.75 Å². The van der Waals surface area contributed by atoms with Crippen molar-refractivity contribution in [1.29, 1.82) is 0 Å². The van der Waals surface area contributed by atoms with E-state index in [4.69, 9.17) is 5.11 Å². The van der Waals surface area contributed by atoms with E-state index in [9.17, 15) is 27.9 Å². The molecular weight excluding hydrogens is 337 g/mol. The number of carboxylic acid groups (broad SMARTS) is 1. The van der Waals surface area contributed by atoms with Gasteiger partial charge in [0.25, 0.3) is 0 Å². The average Bonchev–Trinajstić information content (AvgIpc) is 2.54. The number of phenols is 1. The van der Waals surface area contributed by atoms with Crippen LogP contribution in [0.4, 0.5) is 13.2 Å². The van der Waals surface area contributed by atoms with Crippen LogP contribution in [0.25, 0.3) is 6.08 Å². The Hall–Kier alpha value is -3.09. The lowest BCUT2D eigenvalue weighted by atomic mass is 10.0. The molecule has 0 aromatic heterocycles. The predicted molar refractivity (Wildman–Crippen MR) is 84.3 cm³/mol. The molecule has 0 aliphatic heterocycles. The summed E-state index contributed by atoms with van der Waals surface area (Å²) in [6.07, 6.45) is -2.34. The van der Waals surface area contributed by atoms with Crippen LogP contribution in [-0.2, 0) is 17.4 Å². The smallest absolute Gasteiger partial charge is 0.416 e. The van der Waals surface area contributed by atoms with E-state index in [1.807, 2.05) is 0 Å². The highest BCUT2D eigenvalue weighted by Crippen LogP contribution is 2.29. The Labute approximate surface area is 140 Å². The zero-order valence-corrected chi connectivity index (χ0v) is 12.7. The number of carbonyl (C=O) groups excluding carboxylic acids is 1. The number of ketones is 1. The molecule has 0 bridgehead atoms. The van der Waals surface area contributed by atoms with Gasteiger partial charge in [0.2, 0.25) is 0 Å². The third-order valence-corrected chi connectivity index (χ3v) is 3.37. The van der Waals surface area contributed by atoms with Gasteiger partial charge in [-0.15, -0.1) is 0 Å². The monoisotopic (exact) mass is 350 g/mol. The third-order valence-electron chi connectivity index (χ3n) is 3.37. The second-order valence-electron chi connectivity index (χ2n) is 5.23. The Morgan fingerprint density at radius 1 is 1.04 bits per heavy atom. The maximum absolute atomic E-state index is 12.5. The topological polar surface area (TPSA) is 74.6 Å². The lowest BCUT2D eigenvalue weighted by molar-refractivity contribution is -0.138. The van der Waals surface area contributed by atoms with Crippen LogP contribution in [0.1, 0.15) is 27.0 Å². The van der Waals surface area contributed by atoms with E-state index in [2.05, 4.69) is 0 Å². The van der Waals surface area contributed by atoms with Gasteiger partial charge in [0.05, 0.1) is 12.0 Å². The average molecular weight is 350 g/mol. The maximum Gasteiger partial charge on any atom is 0.416 e. The van der Waals surface area contributed by atoms with Gasteiger partial charge < -0.3 is 10.2 Å². The first-order chi connectivity index (χ1) is 11.7. The van der Waals surface area contributed by atoms with Gasteiger partial charge in [-0.05, 0) is 42.0 Å². The second kappa shape index (κ2) is 7.21. The molecule has 0 saturated carbocycles. The number of hydrogen-bond acceptors (Lipinski definition) is 3. The van der Waals surface area contributed by atoms with Gasteiger partial charge in [0, 0.05) is 11.1 Å². The van der Waals surface area contributed by atoms with Crippen molar-refractivity contribution < 1.29 is 33.0 Å². The van der Waals surface area contributed by atoms with Crippen molar-refractivity contribution in [2.45, 2.75) is 12.6 Å². The Kier molecular flexibility index (Phi) is 5.26. The van der Waals surface area contributed by atoms with E-state index in [1.165, 1.54) is 42.5 Å². The van der Waals surface area contributed by atoms with Crippen molar-refractivity contribution in [3.8, 4) is 5.75 Å². The first kappa shape index (κ1) is 18.3. The molecule has 0 radical (unpaired) electrons. The summed E-state index contributed by atoms with van der Waals surface area (Å²) in [4.78, 5) is 22.8. The molecule has 0 saturated heterocycles. The fourth-order valence-electron chi connectivity index (χ4n) is 2.09. The molecule has 0 spiro atoms. The summed E-state index contributed by atoms with van der Waals surface area (Å²) in [5.74, 6) is -1.85. The van der Waals surface area contributed by atoms with Gasteiger partial charge in [0.1, 0.15) is 5.75 Å². The number of aliphatic carboxylic acids is 1. The molecule has 0 heterocycles. The molecule has 2 rings (SSSR count). The number of rotatable bonds is 5. The summed E-state index contributed by atoms with van der Waals surface area (Å²) >= 11 is 0. The Bertz CT molecular complexity index is 821. The molecule has 2 N–H and O–H groups in total. The minimum absolute atomic E-state index is 0.0984. The SMILES string of the molecule is O=C(O)Cc1cc(C(=O)/C=C/c2ccc(C(F)(F)F)cc2)ccc1O. The normalized spacial score (nSPS) is 11.6. The summed E-state index contributed by atoms with van der Waals surface area (Å²) in [5.41, 5.74) is -0.114. The summed E-state index contributed by atoms with van der Waals surface area (Å²) in [6, 6.07) is 8.12. The molecule has 4 nitrogen and oxygen atoms in total. The maximum atomic E-state index is 12.5. The summed E-state index contributed by atoms with van der Waals surface area (Å²) in [6.45, 7) is 0. The van der Waals surface area contributed by atoms with E-state index >= 15 is 0 Å². The molecule has 2 aromatic rings. The van der Waals surface area contributed by atoms with Crippen molar-refractivity contribution in [3.05, 3.63) is 70.8 Å². The van der Waals surface area contributed by atoms with Crippen molar-refractivity contribution in [2.75, 3.05) is 0 Å². The van der Waals surface area contributed by atoms with Crippen molar-refractivity contribution in [3.63, 3.8) is 0 Å². The molecule has 7 heteroatoms. The highest BCUT2D eigenvalue weighted by Gasteiger charge is 2.29. The molecule has 2 aromatic carbocycles. The molecule has 25 heavy (non-hydrogen) atoms. The molecular formula is C18H13F3O4. The first-order valence-electron chi connectivity index (χ1n) is 7.10. The molecule has 0 aliphatic carbocycles. The van der Waals surface area contributed by atoms with E-state index in [1.54, 1.807) is 0 Å². The number of hydrogen-bond donors (Lipinski definition) is 2. The second-order valence-corrected chi connectivity index (χ2v) is 5.23. The van der Waals surface area contributed by atoms with Gasteiger partial charge >= 0.3 is 12.1 Å². The van der Waals surface area contributed by atoms with Gasteiger partial charge in [-0.1, -0.05) is 18.2 Å². The standard InChI is InChI=1S/C18H13F3O4/c19-18(20,21)14-5-1-11(2-6-14)3-7-15(22)12-4-8-16(23)13(9-12)10-17(24)25/h1-9,23H,10H2,(H,24,25)/b7-3+. The van der Waals surface area contributed by atoms with E-state index in [-0.39, 0.29) is 16.9 Å². The summed E-state index contributed by atoms with van der Waals surface area (Å²) in [7, 11) is 0. The molecule has 0 amide bonds. The predicted octanol–water partition coefficient (Wildman–Crippen LogP) is 3.93. The molecule has 0 aliphatic rings. The van der Waals surface area contributed by atoms with Crippen molar-refractivity contribution in [1.82, 2.24) is 0 Å². The van der Waals surface area contributed by atoms with E-state index in [0.29, 0.717) is 5.56 Å². The summed E-state index contributed by atoms with van der Waals surface area (Å²) in [5, 5.41) is 18.3. The van der Waals surface area contributed by atoms with Crippen LogP contribution in [-0.4, -0.2) is 22.0 Å². The number of benzene rings is 2. The van der Waals surface area contributed by atoms with Gasteiger partial charge in [-0.2, -0.15) is 13.2 Å². The van der Waals surface area contributed by atoms with Gasteiger partial charge in [-0.3, -0.25) is 9.59 Å². The number of carbonyl (C=O) groups is 2. The van der Waals surface area contributed by atoms with Gasteiger partial charge in [0.15, 0.2) is 5.78 Å². The van der Waals surface area contributed by atoms with Crippen LogP contribution < -0.4 is 0 Å². The van der Waals surface area contributed by atoms with E-state index < -0.39 is 29.9 Å².